The van der Waals surface area contributed by atoms with Crippen LogP contribution in [0.5, 0.6) is 11.5 Å². The summed E-state index contributed by atoms with van der Waals surface area (Å²) >= 11 is 1.25. The van der Waals surface area contributed by atoms with Crippen molar-refractivity contribution in [1.29, 1.82) is 5.26 Å². The lowest BCUT2D eigenvalue weighted by molar-refractivity contribution is -0.139. The Hall–Kier alpha value is -4.94. The molecule has 0 fully saturated rings. The SMILES string of the molecule is CCOC(=O)C1=C(C)N=c2sc(=Cc3ccc(OCc4ccccc4C#N)cc3)c(=O)n2C1c1ccccc1OC. The third-order valence-corrected chi connectivity index (χ3v) is 7.64. The first-order chi connectivity index (χ1) is 19.9. The first-order valence-electron chi connectivity index (χ1n) is 13.0. The van der Waals surface area contributed by atoms with Crippen LogP contribution < -0.4 is 24.4 Å². The Kier molecular flexibility index (Phi) is 8.13. The number of methoxy groups -OCH3 is 1. The number of hydrogen-bond donors (Lipinski definition) is 0. The van der Waals surface area contributed by atoms with Crippen LogP contribution in [0.2, 0.25) is 0 Å². The molecular weight excluding hydrogens is 538 g/mol. The fourth-order valence-electron chi connectivity index (χ4n) is 4.71. The molecule has 0 radical (unpaired) electrons. The number of esters is 1. The molecule has 0 amide bonds. The number of ether oxygens (including phenoxy) is 3. The minimum atomic E-state index is -0.754. The molecule has 4 aromatic rings. The van der Waals surface area contributed by atoms with E-state index < -0.39 is 12.0 Å². The lowest BCUT2D eigenvalue weighted by Crippen LogP contribution is -2.40. The van der Waals surface area contributed by atoms with Gasteiger partial charge in [-0.2, -0.15) is 5.26 Å². The van der Waals surface area contributed by atoms with E-state index in [4.69, 9.17) is 14.2 Å². The first kappa shape index (κ1) is 27.6. The van der Waals surface area contributed by atoms with Gasteiger partial charge >= 0.3 is 5.97 Å². The van der Waals surface area contributed by atoms with Crippen LogP contribution in [0.3, 0.4) is 0 Å². The van der Waals surface area contributed by atoms with Gasteiger partial charge in [-0.1, -0.05) is 59.9 Å². The topological polar surface area (TPSA) is 103 Å². The van der Waals surface area contributed by atoms with Crippen LogP contribution in [0.1, 0.15) is 42.1 Å². The van der Waals surface area contributed by atoms with Crippen molar-refractivity contribution in [2.45, 2.75) is 26.5 Å². The maximum Gasteiger partial charge on any atom is 0.338 e. The zero-order valence-corrected chi connectivity index (χ0v) is 23.6. The number of hydrogen-bond acceptors (Lipinski definition) is 8. The number of fused-ring (bicyclic) bond motifs is 1. The smallest absolute Gasteiger partial charge is 0.338 e. The average molecular weight is 566 g/mol. The van der Waals surface area contributed by atoms with Gasteiger partial charge in [-0.25, -0.2) is 9.79 Å². The summed E-state index contributed by atoms with van der Waals surface area (Å²) in [5, 5.41) is 9.29. The van der Waals surface area contributed by atoms with Gasteiger partial charge in [0.15, 0.2) is 4.80 Å². The summed E-state index contributed by atoms with van der Waals surface area (Å²) in [6.07, 6.45) is 1.79. The van der Waals surface area contributed by atoms with Crippen LogP contribution in [0.4, 0.5) is 0 Å². The summed E-state index contributed by atoms with van der Waals surface area (Å²) in [5.41, 5.74) is 3.37. The summed E-state index contributed by atoms with van der Waals surface area (Å²) in [6, 6.07) is 23.4. The zero-order chi connectivity index (χ0) is 28.9. The molecule has 3 aromatic carbocycles. The van der Waals surface area contributed by atoms with E-state index in [-0.39, 0.29) is 18.8 Å². The number of carbonyl (C=O) groups is 1. The third kappa shape index (κ3) is 5.55. The fourth-order valence-corrected chi connectivity index (χ4v) is 5.75. The highest BCUT2D eigenvalue weighted by atomic mass is 32.1. The highest BCUT2D eigenvalue weighted by Crippen LogP contribution is 2.35. The maximum absolute atomic E-state index is 13.8. The average Bonchev–Trinajstić information content (AvgIpc) is 3.30. The molecule has 0 spiro atoms. The number of aromatic nitrogens is 1. The molecule has 8 nitrogen and oxygen atoms in total. The highest BCUT2D eigenvalue weighted by molar-refractivity contribution is 7.07. The second-order valence-electron chi connectivity index (χ2n) is 9.17. The first-order valence-corrected chi connectivity index (χ1v) is 13.8. The minimum absolute atomic E-state index is 0.198. The monoisotopic (exact) mass is 565 g/mol. The number of allylic oxidation sites excluding steroid dienone is 1. The van der Waals surface area contributed by atoms with Crippen molar-refractivity contribution in [2.75, 3.05) is 13.7 Å². The van der Waals surface area contributed by atoms with Gasteiger partial charge in [-0.15, -0.1) is 0 Å². The predicted molar refractivity (Wildman–Crippen MR) is 155 cm³/mol. The van der Waals surface area contributed by atoms with Crippen LogP contribution >= 0.6 is 11.3 Å². The molecule has 1 aliphatic rings. The molecule has 1 unspecified atom stereocenters. The molecule has 0 saturated carbocycles. The van der Waals surface area contributed by atoms with E-state index in [1.807, 2.05) is 60.7 Å². The lowest BCUT2D eigenvalue weighted by atomic mass is 9.95. The van der Waals surface area contributed by atoms with E-state index in [0.29, 0.717) is 43.2 Å². The standard InChI is InChI=1S/C32H27N3O5S/c1-4-39-31(37)28-20(2)34-32-35(29(28)25-11-7-8-12-26(25)38-3)30(36)27(41-32)17-21-13-15-24(16-14-21)40-19-23-10-6-5-9-22(23)18-33/h5-17,29H,4,19H2,1-3H3. The second-order valence-corrected chi connectivity index (χ2v) is 10.2. The molecular formula is C32H27N3O5S. The van der Waals surface area contributed by atoms with E-state index >= 15 is 0 Å². The lowest BCUT2D eigenvalue weighted by Gasteiger charge is -2.25. The number of thiazole rings is 1. The normalized spacial score (nSPS) is 14.6. The fraction of sp³-hybridized carbons (Fsp3) is 0.188. The van der Waals surface area contributed by atoms with E-state index in [0.717, 1.165) is 11.1 Å². The Morgan fingerprint density at radius 2 is 1.83 bits per heavy atom. The van der Waals surface area contributed by atoms with Crippen LogP contribution in [0.15, 0.2) is 93.9 Å². The van der Waals surface area contributed by atoms with E-state index in [1.54, 1.807) is 39.2 Å². The number of para-hydroxylation sites is 1. The maximum atomic E-state index is 13.8. The van der Waals surface area contributed by atoms with E-state index in [2.05, 4.69) is 11.1 Å². The molecule has 206 valence electrons. The summed E-state index contributed by atoms with van der Waals surface area (Å²) < 4.78 is 18.8. The molecule has 41 heavy (non-hydrogen) atoms. The van der Waals surface area contributed by atoms with Crippen molar-refractivity contribution in [3.63, 3.8) is 0 Å². The van der Waals surface area contributed by atoms with Gasteiger partial charge in [-0.05, 0) is 49.8 Å². The number of rotatable bonds is 8. The number of carbonyl (C=O) groups excluding carboxylic acids is 1. The van der Waals surface area contributed by atoms with E-state index in [9.17, 15) is 14.9 Å². The van der Waals surface area contributed by atoms with Gasteiger partial charge < -0.3 is 14.2 Å². The van der Waals surface area contributed by atoms with Crippen molar-refractivity contribution in [1.82, 2.24) is 4.57 Å². The van der Waals surface area contributed by atoms with Crippen molar-refractivity contribution in [2.24, 2.45) is 4.99 Å². The second kappa shape index (κ2) is 12.1. The number of nitriles is 1. The van der Waals surface area contributed by atoms with Crippen molar-refractivity contribution in [3.8, 4) is 17.6 Å². The van der Waals surface area contributed by atoms with Gasteiger partial charge in [0.05, 0.1) is 41.2 Å². The van der Waals surface area contributed by atoms with Gasteiger partial charge in [0.2, 0.25) is 0 Å². The van der Waals surface area contributed by atoms with Crippen molar-refractivity contribution < 1.29 is 19.0 Å². The molecule has 1 aromatic heterocycles. The Morgan fingerprint density at radius 1 is 1.10 bits per heavy atom. The van der Waals surface area contributed by atoms with Crippen LogP contribution in [0.25, 0.3) is 6.08 Å². The Balaban J connectivity index is 1.51. The highest BCUT2D eigenvalue weighted by Gasteiger charge is 2.34. The van der Waals surface area contributed by atoms with Crippen LogP contribution in [0, 0.1) is 11.3 Å². The van der Waals surface area contributed by atoms with Crippen molar-refractivity contribution >= 4 is 23.4 Å². The molecule has 0 aliphatic carbocycles. The van der Waals surface area contributed by atoms with Gasteiger partial charge in [-0.3, -0.25) is 9.36 Å². The summed E-state index contributed by atoms with van der Waals surface area (Å²) in [4.78, 5) is 32.0. The van der Waals surface area contributed by atoms with Crippen molar-refractivity contribution in [3.05, 3.63) is 126 Å². The Labute approximate surface area is 240 Å². The van der Waals surface area contributed by atoms with Crippen LogP contribution in [-0.4, -0.2) is 24.3 Å². The van der Waals surface area contributed by atoms with E-state index in [1.165, 1.54) is 15.9 Å². The predicted octanol–water partition coefficient (Wildman–Crippen LogP) is 4.26. The molecule has 1 aliphatic heterocycles. The van der Waals surface area contributed by atoms with Gasteiger partial charge in [0.1, 0.15) is 24.1 Å². The summed E-state index contributed by atoms with van der Waals surface area (Å²) in [6.45, 7) is 3.96. The molecule has 2 heterocycles. The Morgan fingerprint density at radius 3 is 2.56 bits per heavy atom. The Bertz CT molecular complexity index is 1860. The third-order valence-electron chi connectivity index (χ3n) is 6.66. The molecule has 1 atom stereocenters. The molecule has 0 saturated heterocycles. The van der Waals surface area contributed by atoms with Gasteiger partial charge in [0, 0.05) is 11.1 Å². The number of benzene rings is 3. The molecule has 5 rings (SSSR count). The van der Waals surface area contributed by atoms with Crippen LogP contribution in [-0.2, 0) is 16.1 Å². The molecule has 0 N–H and O–H groups in total. The summed E-state index contributed by atoms with van der Waals surface area (Å²) in [7, 11) is 1.55. The number of nitrogens with zero attached hydrogens (tertiary/aromatic N) is 3. The zero-order valence-electron chi connectivity index (χ0n) is 22.8. The quantitative estimate of drug-likeness (QED) is 0.296. The molecule has 0 bridgehead atoms. The summed E-state index contributed by atoms with van der Waals surface area (Å²) in [5.74, 6) is 0.672. The van der Waals surface area contributed by atoms with Gasteiger partial charge in [0.25, 0.3) is 5.56 Å². The minimum Gasteiger partial charge on any atom is -0.496 e. The molecule has 9 heteroatoms. The largest absolute Gasteiger partial charge is 0.496 e.